The number of alkyl halides is 3. The summed E-state index contributed by atoms with van der Waals surface area (Å²) in [4.78, 5) is 0. The summed E-state index contributed by atoms with van der Waals surface area (Å²) in [5.41, 5.74) is -4.92. The van der Waals surface area contributed by atoms with Crippen molar-refractivity contribution in [3.05, 3.63) is 35.1 Å². The molecule has 1 aromatic carbocycles. The van der Waals surface area contributed by atoms with Crippen molar-refractivity contribution in [2.24, 2.45) is 0 Å². The fourth-order valence-corrected chi connectivity index (χ4v) is 1.60. The SMILES string of the molecule is Cc1ccc(F)c(CNS(=O)(=O)C(F)(F)F)c1. The lowest BCUT2D eigenvalue weighted by molar-refractivity contribution is -0.0448. The molecule has 0 atom stereocenters. The normalized spacial score (nSPS) is 12.8. The van der Waals surface area contributed by atoms with E-state index >= 15 is 0 Å². The van der Waals surface area contributed by atoms with E-state index in [-0.39, 0.29) is 5.56 Å². The summed E-state index contributed by atoms with van der Waals surface area (Å²) in [6.07, 6.45) is 0. The molecule has 0 spiro atoms. The molecule has 0 aromatic heterocycles. The Morgan fingerprint density at radius 1 is 1.29 bits per heavy atom. The fourth-order valence-electron chi connectivity index (χ4n) is 1.09. The largest absolute Gasteiger partial charge is 0.511 e. The minimum atomic E-state index is -5.44. The van der Waals surface area contributed by atoms with Crippen LogP contribution in [0.3, 0.4) is 0 Å². The Morgan fingerprint density at radius 3 is 2.41 bits per heavy atom. The number of rotatable bonds is 3. The number of nitrogens with one attached hydrogen (secondary N) is 1. The van der Waals surface area contributed by atoms with E-state index in [4.69, 9.17) is 0 Å². The van der Waals surface area contributed by atoms with Crippen LogP contribution in [0.1, 0.15) is 11.1 Å². The monoisotopic (exact) mass is 271 g/mol. The van der Waals surface area contributed by atoms with Crippen molar-refractivity contribution in [2.75, 3.05) is 0 Å². The van der Waals surface area contributed by atoms with Crippen LogP contribution in [-0.2, 0) is 16.6 Å². The molecular formula is C9H9F4NO2S. The van der Waals surface area contributed by atoms with Crippen LogP contribution in [-0.4, -0.2) is 13.9 Å². The molecular weight excluding hydrogens is 262 g/mol. The zero-order valence-corrected chi connectivity index (χ0v) is 9.49. The molecule has 0 unspecified atom stereocenters. The highest BCUT2D eigenvalue weighted by Crippen LogP contribution is 2.22. The average Bonchev–Trinajstić information content (AvgIpc) is 2.18. The zero-order chi connectivity index (χ0) is 13.3. The second-order valence-corrected chi connectivity index (χ2v) is 5.12. The average molecular weight is 271 g/mol. The van der Waals surface area contributed by atoms with E-state index in [9.17, 15) is 26.0 Å². The maximum atomic E-state index is 13.1. The Morgan fingerprint density at radius 2 is 1.88 bits per heavy atom. The Hall–Kier alpha value is -1.15. The summed E-state index contributed by atoms with van der Waals surface area (Å²) in [7, 11) is -5.44. The van der Waals surface area contributed by atoms with Gasteiger partial charge in [-0.05, 0) is 13.0 Å². The van der Waals surface area contributed by atoms with Crippen molar-refractivity contribution in [1.82, 2.24) is 4.72 Å². The Bertz CT molecular complexity index is 510. The first kappa shape index (κ1) is 13.9. The Kier molecular flexibility index (Phi) is 3.78. The molecule has 8 heteroatoms. The second kappa shape index (κ2) is 4.61. The summed E-state index contributed by atoms with van der Waals surface area (Å²) in [6, 6.07) is 3.76. The summed E-state index contributed by atoms with van der Waals surface area (Å²) in [5.74, 6) is -0.763. The van der Waals surface area contributed by atoms with Crippen LogP contribution < -0.4 is 4.72 Å². The van der Waals surface area contributed by atoms with Crippen molar-refractivity contribution in [3.63, 3.8) is 0 Å². The van der Waals surface area contributed by atoms with Crippen molar-refractivity contribution in [1.29, 1.82) is 0 Å². The van der Waals surface area contributed by atoms with E-state index in [0.717, 1.165) is 6.07 Å². The highest BCUT2D eigenvalue weighted by Gasteiger charge is 2.45. The molecule has 1 aromatic rings. The van der Waals surface area contributed by atoms with Crippen LogP contribution in [0, 0.1) is 12.7 Å². The van der Waals surface area contributed by atoms with Gasteiger partial charge in [-0.3, -0.25) is 0 Å². The lowest BCUT2D eigenvalue weighted by atomic mass is 10.1. The topological polar surface area (TPSA) is 46.2 Å². The van der Waals surface area contributed by atoms with Crippen molar-refractivity contribution in [2.45, 2.75) is 19.0 Å². The van der Waals surface area contributed by atoms with Gasteiger partial charge < -0.3 is 0 Å². The number of halogens is 4. The standard InChI is InChI=1S/C9H9F4NO2S/c1-6-2-3-8(10)7(4-6)5-14-17(15,16)9(11,12)13/h2-4,14H,5H2,1H3. The third kappa shape index (κ3) is 3.40. The van der Waals surface area contributed by atoms with Crippen LogP contribution >= 0.6 is 0 Å². The highest BCUT2D eigenvalue weighted by molar-refractivity contribution is 7.90. The van der Waals surface area contributed by atoms with E-state index in [1.54, 1.807) is 6.92 Å². The first-order valence-corrected chi connectivity index (χ1v) is 5.93. The molecule has 3 nitrogen and oxygen atoms in total. The fraction of sp³-hybridized carbons (Fsp3) is 0.333. The van der Waals surface area contributed by atoms with Gasteiger partial charge >= 0.3 is 15.5 Å². The predicted molar refractivity (Wildman–Crippen MR) is 53.0 cm³/mol. The minimum Gasteiger partial charge on any atom is -0.207 e. The first-order valence-electron chi connectivity index (χ1n) is 4.44. The number of sulfonamides is 1. The van der Waals surface area contributed by atoms with E-state index in [0.29, 0.717) is 5.56 Å². The lowest BCUT2D eigenvalue weighted by Crippen LogP contribution is -2.36. The van der Waals surface area contributed by atoms with Crippen LogP contribution in [0.15, 0.2) is 18.2 Å². The third-order valence-corrected chi connectivity index (χ3v) is 3.09. The number of hydrogen-bond donors (Lipinski definition) is 1. The van der Waals surface area contributed by atoms with E-state index in [2.05, 4.69) is 0 Å². The van der Waals surface area contributed by atoms with Crippen molar-refractivity contribution in [3.8, 4) is 0 Å². The lowest BCUT2D eigenvalue weighted by Gasteiger charge is -2.10. The summed E-state index contributed by atoms with van der Waals surface area (Å²) < 4.78 is 71.7. The van der Waals surface area contributed by atoms with Gasteiger partial charge in [-0.2, -0.15) is 13.2 Å². The zero-order valence-electron chi connectivity index (χ0n) is 8.68. The van der Waals surface area contributed by atoms with Gasteiger partial charge in [0.05, 0.1) is 0 Å². The van der Waals surface area contributed by atoms with E-state index < -0.39 is 27.9 Å². The predicted octanol–water partition coefficient (Wildman–Crippen LogP) is 2.07. The molecule has 1 N–H and O–H groups in total. The van der Waals surface area contributed by atoms with Crippen LogP contribution in [0.2, 0.25) is 0 Å². The minimum absolute atomic E-state index is 0.141. The molecule has 0 aliphatic heterocycles. The molecule has 0 aliphatic carbocycles. The Labute approximate surface area is 95.5 Å². The quantitative estimate of drug-likeness (QED) is 0.855. The van der Waals surface area contributed by atoms with E-state index in [1.165, 1.54) is 16.9 Å². The molecule has 0 saturated heterocycles. The van der Waals surface area contributed by atoms with Gasteiger partial charge in [-0.25, -0.2) is 17.5 Å². The molecule has 96 valence electrons. The molecule has 17 heavy (non-hydrogen) atoms. The van der Waals surface area contributed by atoms with Gasteiger partial charge in [0.2, 0.25) is 0 Å². The van der Waals surface area contributed by atoms with Crippen molar-refractivity contribution >= 4 is 10.0 Å². The molecule has 0 amide bonds. The van der Waals surface area contributed by atoms with Gasteiger partial charge in [0.1, 0.15) is 5.82 Å². The van der Waals surface area contributed by atoms with Crippen LogP contribution in [0.4, 0.5) is 17.6 Å². The molecule has 0 bridgehead atoms. The van der Waals surface area contributed by atoms with Gasteiger partial charge in [0.25, 0.3) is 0 Å². The smallest absolute Gasteiger partial charge is 0.207 e. The maximum Gasteiger partial charge on any atom is 0.511 e. The molecule has 0 radical (unpaired) electrons. The number of aryl methyl sites for hydroxylation is 1. The Balaban J connectivity index is 2.85. The number of benzene rings is 1. The van der Waals surface area contributed by atoms with Gasteiger partial charge in [0, 0.05) is 12.1 Å². The molecule has 0 aliphatic rings. The highest BCUT2D eigenvalue weighted by atomic mass is 32.2. The van der Waals surface area contributed by atoms with Gasteiger partial charge in [0.15, 0.2) is 0 Å². The van der Waals surface area contributed by atoms with Crippen LogP contribution in [0.5, 0.6) is 0 Å². The second-order valence-electron chi connectivity index (χ2n) is 3.37. The molecule has 1 rings (SSSR count). The maximum absolute atomic E-state index is 13.1. The summed E-state index contributed by atoms with van der Waals surface area (Å²) >= 11 is 0. The third-order valence-electron chi connectivity index (χ3n) is 1.96. The van der Waals surface area contributed by atoms with Crippen molar-refractivity contribution < 1.29 is 26.0 Å². The molecule has 0 heterocycles. The van der Waals surface area contributed by atoms with Gasteiger partial charge in [-0.1, -0.05) is 17.7 Å². The van der Waals surface area contributed by atoms with E-state index in [1.807, 2.05) is 0 Å². The van der Waals surface area contributed by atoms with Gasteiger partial charge in [-0.15, -0.1) is 0 Å². The molecule has 0 fully saturated rings. The molecule has 0 saturated carbocycles. The number of hydrogen-bond acceptors (Lipinski definition) is 2. The summed E-state index contributed by atoms with van der Waals surface area (Å²) in [5, 5.41) is 0. The first-order chi connectivity index (χ1) is 7.63. The van der Waals surface area contributed by atoms with Crippen LogP contribution in [0.25, 0.3) is 0 Å². The summed E-state index contributed by atoms with van der Waals surface area (Å²) in [6.45, 7) is 0.872.